The fraction of sp³-hybridized carbons (Fsp3) is 0.143. The van der Waals surface area contributed by atoms with Gasteiger partial charge in [-0.25, -0.2) is 9.35 Å². The number of nitrogens with two attached hydrogens (primary N) is 1. The number of rotatable bonds is 3. The average molecular weight is 157 g/mol. The fourth-order valence-electron chi connectivity index (χ4n) is 0.470. The normalized spacial score (nSPS) is 15.6. The molecule has 0 aromatic rings. The van der Waals surface area contributed by atoms with Gasteiger partial charge in [-0.15, -0.1) is 0 Å². The molecule has 1 atom stereocenters. The highest BCUT2D eigenvalue weighted by atomic mass is 32.2. The van der Waals surface area contributed by atoms with Gasteiger partial charge in [0, 0.05) is 0 Å². The predicted octanol–water partition coefficient (Wildman–Crippen LogP) is 1.25. The molecule has 2 N–H and O–H groups in total. The van der Waals surface area contributed by atoms with Gasteiger partial charge in [0.15, 0.2) is 0 Å². The molecule has 0 aromatic heterocycles. The summed E-state index contributed by atoms with van der Waals surface area (Å²) in [6.07, 6.45) is 6.65. The van der Waals surface area contributed by atoms with Crippen LogP contribution in [0.4, 0.5) is 0 Å². The van der Waals surface area contributed by atoms with E-state index in [-0.39, 0.29) is 0 Å². The molecule has 0 aliphatic carbocycles. The molecule has 10 heavy (non-hydrogen) atoms. The fourth-order valence-corrected chi connectivity index (χ4v) is 0.971. The first-order valence-corrected chi connectivity index (χ1v) is 4.05. The Hall–Kier alpha value is -0.670. The van der Waals surface area contributed by atoms with Crippen LogP contribution in [0, 0.1) is 0 Å². The minimum Gasteiger partial charge on any atom is -0.248 e. The van der Waals surface area contributed by atoms with Gasteiger partial charge in [-0.2, -0.15) is 0 Å². The van der Waals surface area contributed by atoms with Gasteiger partial charge >= 0.3 is 0 Å². The van der Waals surface area contributed by atoms with E-state index in [1.54, 1.807) is 24.3 Å². The third-order valence-corrected chi connectivity index (χ3v) is 1.58. The number of hydrogen-bond acceptors (Lipinski definition) is 1. The zero-order valence-electron chi connectivity index (χ0n) is 5.91. The molecule has 1 unspecified atom stereocenters. The van der Waals surface area contributed by atoms with Crippen LogP contribution in [0.5, 0.6) is 0 Å². The zero-order valence-corrected chi connectivity index (χ0v) is 6.73. The van der Waals surface area contributed by atoms with E-state index in [0.29, 0.717) is 4.91 Å². The minimum absolute atomic E-state index is 0.581. The van der Waals surface area contributed by atoms with E-state index < -0.39 is 11.0 Å². The Labute approximate surface area is 63.7 Å². The first-order chi connectivity index (χ1) is 4.72. The van der Waals surface area contributed by atoms with Crippen LogP contribution in [0.15, 0.2) is 35.8 Å². The van der Waals surface area contributed by atoms with E-state index in [1.807, 2.05) is 6.92 Å². The molecule has 0 aliphatic rings. The van der Waals surface area contributed by atoms with E-state index >= 15 is 0 Å². The molecule has 0 aliphatic heterocycles. The molecule has 0 saturated carbocycles. The third kappa shape index (κ3) is 3.37. The SMILES string of the molecule is C=C/C=C(\C=C/C)S(N)=O. The van der Waals surface area contributed by atoms with Gasteiger partial charge in [-0.05, 0) is 19.1 Å². The number of hydrogen-bond donors (Lipinski definition) is 1. The highest BCUT2D eigenvalue weighted by Crippen LogP contribution is 1.98. The lowest BCUT2D eigenvalue weighted by atomic mass is 10.4. The van der Waals surface area contributed by atoms with E-state index in [1.165, 1.54) is 0 Å². The van der Waals surface area contributed by atoms with Crippen molar-refractivity contribution >= 4 is 11.0 Å². The average Bonchev–Trinajstić information content (AvgIpc) is 1.87. The van der Waals surface area contributed by atoms with Crippen molar-refractivity contribution in [2.45, 2.75) is 6.92 Å². The molecule has 2 nitrogen and oxygen atoms in total. The maximum absolute atomic E-state index is 10.6. The molecule has 0 radical (unpaired) electrons. The van der Waals surface area contributed by atoms with Crippen molar-refractivity contribution in [2.75, 3.05) is 0 Å². The molecule has 0 amide bonds. The molecule has 56 valence electrons. The van der Waals surface area contributed by atoms with E-state index in [9.17, 15) is 4.21 Å². The summed E-state index contributed by atoms with van der Waals surface area (Å²) in [4.78, 5) is 0.581. The van der Waals surface area contributed by atoms with Crippen LogP contribution in [0.3, 0.4) is 0 Å². The van der Waals surface area contributed by atoms with Crippen LogP contribution in [0.1, 0.15) is 6.92 Å². The van der Waals surface area contributed by atoms with Gasteiger partial charge in [0.2, 0.25) is 0 Å². The van der Waals surface area contributed by atoms with Crippen molar-refractivity contribution < 1.29 is 4.21 Å². The Morgan fingerprint density at radius 2 is 2.30 bits per heavy atom. The highest BCUT2D eigenvalue weighted by molar-refractivity contribution is 7.86. The van der Waals surface area contributed by atoms with Gasteiger partial charge in [0.05, 0.1) is 4.91 Å². The molecular weight excluding hydrogens is 146 g/mol. The summed E-state index contributed by atoms with van der Waals surface area (Å²) < 4.78 is 10.6. The summed E-state index contributed by atoms with van der Waals surface area (Å²) in [5.41, 5.74) is 0. The molecule has 0 saturated heterocycles. The summed E-state index contributed by atoms with van der Waals surface area (Å²) >= 11 is 0. The van der Waals surface area contributed by atoms with Gasteiger partial charge in [0.25, 0.3) is 0 Å². The van der Waals surface area contributed by atoms with Crippen molar-refractivity contribution in [2.24, 2.45) is 5.14 Å². The standard InChI is InChI=1S/C7H11NOS/c1-3-5-7(6-4-2)10(8)9/h3-6H,1,8H2,2H3/b6-4-,7-5+. The summed E-state index contributed by atoms with van der Waals surface area (Å²) in [5, 5.41) is 5.11. The van der Waals surface area contributed by atoms with E-state index in [2.05, 4.69) is 6.58 Å². The van der Waals surface area contributed by atoms with E-state index in [4.69, 9.17) is 5.14 Å². The molecule has 0 bridgehead atoms. The Kier molecular flexibility index (Phi) is 4.80. The van der Waals surface area contributed by atoms with Crippen LogP contribution in [-0.2, 0) is 11.0 Å². The summed E-state index contributed by atoms with van der Waals surface area (Å²) in [6, 6.07) is 0. The second-order valence-corrected chi connectivity index (χ2v) is 2.67. The minimum atomic E-state index is -1.40. The van der Waals surface area contributed by atoms with Crippen LogP contribution in [-0.4, -0.2) is 4.21 Å². The Balaban J connectivity index is 4.41. The molecule has 0 fully saturated rings. The Bertz CT molecular complexity index is 194. The van der Waals surface area contributed by atoms with Gasteiger partial charge in [-0.3, -0.25) is 0 Å². The Morgan fingerprint density at radius 1 is 1.70 bits per heavy atom. The maximum atomic E-state index is 10.6. The lowest BCUT2D eigenvalue weighted by Crippen LogP contribution is -2.03. The molecule has 3 heteroatoms. The van der Waals surface area contributed by atoms with Crippen molar-refractivity contribution in [1.29, 1.82) is 0 Å². The molecule has 0 aromatic carbocycles. The van der Waals surface area contributed by atoms with Crippen LogP contribution in [0.25, 0.3) is 0 Å². The first kappa shape index (κ1) is 9.33. The second-order valence-electron chi connectivity index (χ2n) is 1.60. The summed E-state index contributed by atoms with van der Waals surface area (Å²) in [5.74, 6) is 0. The summed E-state index contributed by atoms with van der Waals surface area (Å²) in [6.45, 7) is 5.30. The zero-order chi connectivity index (χ0) is 7.98. The molecule has 0 heterocycles. The quantitative estimate of drug-likeness (QED) is 0.616. The molecule has 0 spiro atoms. The topological polar surface area (TPSA) is 43.1 Å². The van der Waals surface area contributed by atoms with Crippen molar-refractivity contribution in [3.63, 3.8) is 0 Å². The summed E-state index contributed by atoms with van der Waals surface area (Å²) in [7, 11) is -1.40. The third-order valence-electron chi connectivity index (χ3n) is 0.845. The molecule has 0 rings (SSSR count). The lowest BCUT2D eigenvalue weighted by molar-refractivity contribution is 0.688. The van der Waals surface area contributed by atoms with Crippen LogP contribution >= 0.6 is 0 Å². The highest BCUT2D eigenvalue weighted by Gasteiger charge is 1.93. The van der Waals surface area contributed by atoms with Crippen molar-refractivity contribution in [3.8, 4) is 0 Å². The largest absolute Gasteiger partial charge is 0.248 e. The van der Waals surface area contributed by atoms with Crippen LogP contribution in [0.2, 0.25) is 0 Å². The molecular formula is C7H11NOS. The number of allylic oxidation sites excluding steroid dienone is 4. The lowest BCUT2D eigenvalue weighted by Gasteiger charge is -1.91. The second kappa shape index (κ2) is 5.14. The smallest absolute Gasteiger partial charge is 0.122 e. The van der Waals surface area contributed by atoms with Gasteiger partial charge in [0.1, 0.15) is 11.0 Å². The first-order valence-electron chi connectivity index (χ1n) is 2.84. The maximum Gasteiger partial charge on any atom is 0.122 e. The van der Waals surface area contributed by atoms with Crippen molar-refractivity contribution in [3.05, 3.63) is 35.8 Å². The monoisotopic (exact) mass is 157 g/mol. The predicted molar refractivity (Wildman–Crippen MR) is 45.4 cm³/mol. The van der Waals surface area contributed by atoms with Gasteiger partial charge in [-0.1, -0.05) is 18.7 Å². The van der Waals surface area contributed by atoms with Crippen LogP contribution < -0.4 is 5.14 Å². The Morgan fingerprint density at radius 3 is 2.60 bits per heavy atom. The van der Waals surface area contributed by atoms with Gasteiger partial charge < -0.3 is 0 Å². The van der Waals surface area contributed by atoms with E-state index in [0.717, 1.165) is 0 Å². The van der Waals surface area contributed by atoms with Crippen molar-refractivity contribution in [1.82, 2.24) is 0 Å².